The Morgan fingerprint density at radius 3 is 1.94 bits per heavy atom. The average molecular weight is 323 g/mol. The molecule has 1 aromatic heterocycles. The van der Waals surface area contributed by atoms with Crippen LogP contribution < -0.4 is 0 Å². The fourth-order valence-corrected chi connectivity index (χ4v) is 4.68. The van der Waals surface area contributed by atoms with Crippen LogP contribution in [0.3, 0.4) is 0 Å². The van der Waals surface area contributed by atoms with Crippen LogP contribution in [0.5, 0.6) is 0 Å². The Morgan fingerprint density at radius 2 is 1.50 bits per heavy atom. The van der Waals surface area contributed by atoms with Crippen LogP contribution in [-0.2, 0) is 0 Å². The number of hydrogen-bond donors (Lipinski definition) is 0. The van der Waals surface area contributed by atoms with Crippen LogP contribution >= 0.6 is 27.3 Å². The minimum atomic E-state index is 0.316. The van der Waals surface area contributed by atoms with Crippen LogP contribution in [0.4, 0.5) is 0 Å². The van der Waals surface area contributed by atoms with Gasteiger partial charge in [0.05, 0.1) is 4.83 Å². The third-order valence-electron chi connectivity index (χ3n) is 3.81. The van der Waals surface area contributed by atoms with Gasteiger partial charge in [-0.25, -0.2) is 0 Å². The molecule has 0 aliphatic carbocycles. The number of rotatable bonds is 2. The number of hydrogen-bond acceptors (Lipinski definition) is 1. The van der Waals surface area contributed by atoms with Crippen LogP contribution in [0.1, 0.15) is 43.1 Å². The third-order valence-corrected chi connectivity index (χ3v) is 6.11. The van der Waals surface area contributed by atoms with Gasteiger partial charge in [-0.1, -0.05) is 22.0 Å². The molecule has 0 nitrogen and oxygen atoms in total. The third kappa shape index (κ3) is 2.28. The van der Waals surface area contributed by atoms with Crippen molar-refractivity contribution in [2.24, 2.45) is 0 Å². The average Bonchev–Trinajstić information content (AvgIpc) is 2.73. The lowest BCUT2D eigenvalue weighted by Crippen LogP contribution is -2.02. The highest BCUT2D eigenvalue weighted by molar-refractivity contribution is 9.09. The van der Waals surface area contributed by atoms with Gasteiger partial charge in [0.2, 0.25) is 0 Å². The molecule has 0 N–H and O–H groups in total. The summed E-state index contributed by atoms with van der Waals surface area (Å²) in [7, 11) is 0. The normalized spacial score (nSPS) is 12.8. The van der Waals surface area contributed by atoms with E-state index in [4.69, 9.17) is 0 Å². The summed E-state index contributed by atoms with van der Waals surface area (Å²) in [6.07, 6.45) is 0. The van der Waals surface area contributed by atoms with Crippen LogP contribution in [0.15, 0.2) is 17.5 Å². The van der Waals surface area contributed by atoms with Gasteiger partial charge < -0.3 is 0 Å². The van der Waals surface area contributed by atoms with E-state index in [1.165, 1.54) is 38.3 Å². The van der Waals surface area contributed by atoms with Crippen molar-refractivity contribution >= 4 is 27.3 Å². The van der Waals surface area contributed by atoms with Gasteiger partial charge in [-0.15, -0.1) is 11.3 Å². The second kappa shape index (κ2) is 5.18. The molecule has 0 saturated heterocycles. The van der Waals surface area contributed by atoms with Gasteiger partial charge in [-0.3, -0.25) is 0 Å². The lowest BCUT2D eigenvalue weighted by Gasteiger charge is -2.20. The summed E-state index contributed by atoms with van der Waals surface area (Å²) < 4.78 is 0. The van der Waals surface area contributed by atoms with Crippen LogP contribution in [0, 0.1) is 34.6 Å². The molecule has 0 aliphatic rings. The van der Waals surface area contributed by atoms with Gasteiger partial charge >= 0.3 is 0 Å². The highest BCUT2D eigenvalue weighted by Crippen LogP contribution is 2.40. The minimum absolute atomic E-state index is 0.316. The maximum atomic E-state index is 3.90. The molecule has 2 heteroatoms. The summed E-state index contributed by atoms with van der Waals surface area (Å²) >= 11 is 5.74. The molecule has 2 rings (SSSR count). The minimum Gasteiger partial charge on any atom is -0.147 e. The Balaban J connectivity index is 2.61. The summed E-state index contributed by atoms with van der Waals surface area (Å²) in [4.78, 5) is 1.74. The van der Waals surface area contributed by atoms with Crippen molar-refractivity contribution in [1.82, 2.24) is 0 Å². The van der Waals surface area contributed by atoms with Crippen molar-refractivity contribution in [2.45, 2.75) is 39.4 Å². The first-order valence-corrected chi connectivity index (χ1v) is 7.98. The van der Waals surface area contributed by atoms with Crippen molar-refractivity contribution in [2.75, 3.05) is 0 Å². The molecule has 1 aromatic carbocycles. The molecule has 0 spiro atoms. The summed E-state index contributed by atoms with van der Waals surface area (Å²) in [5.74, 6) is 0. The highest BCUT2D eigenvalue weighted by atomic mass is 79.9. The van der Waals surface area contributed by atoms with Gasteiger partial charge in [0.15, 0.2) is 0 Å². The van der Waals surface area contributed by atoms with Crippen LogP contribution in [0.25, 0.3) is 0 Å². The number of thiophene rings is 1. The molecule has 2 aromatic rings. The van der Waals surface area contributed by atoms with E-state index in [1.54, 1.807) is 0 Å². The van der Waals surface area contributed by atoms with E-state index in [-0.39, 0.29) is 0 Å². The smallest absolute Gasteiger partial charge is 0.0745 e. The zero-order chi connectivity index (χ0) is 13.4. The van der Waals surface area contributed by atoms with Crippen molar-refractivity contribution in [3.8, 4) is 0 Å². The van der Waals surface area contributed by atoms with E-state index in [0.29, 0.717) is 4.83 Å². The molecule has 96 valence electrons. The first kappa shape index (κ1) is 13.8. The fraction of sp³-hybridized carbons (Fsp3) is 0.375. The number of alkyl halides is 1. The van der Waals surface area contributed by atoms with E-state index in [9.17, 15) is 0 Å². The van der Waals surface area contributed by atoms with E-state index >= 15 is 0 Å². The largest absolute Gasteiger partial charge is 0.147 e. The molecule has 0 amide bonds. The van der Waals surface area contributed by atoms with Gasteiger partial charge in [0.25, 0.3) is 0 Å². The molecule has 1 atom stereocenters. The van der Waals surface area contributed by atoms with Gasteiger partial charge in [0.1, 0.15) is 0 Å². The lowest BCUT2D eigenvalue weighted by molar-refractivity contribution is 1.09. The predicted molar refractivity (Wildman–Crippen MR) is 85.2 cm³/mol. The van der Waals surface area contributed by atoms with Gasteiger partial charge in [-0.05, 0) is 79.4 Å². The van der Waals surface area contributed by atoms with Crippen LogP contribution in [0.2, 0.25) is 0 Å². The standard InChI is InChI=1S/C16H19BrS/c1-9-6-7-18-16(9)15(17)14-12(4)10(2)8-11(3)13(14)5/h6-8,15H,1-5H3. The molecule has 0 aliphatic heterocycles. The zero-order valence-corrected chi connectivity index (χ0v) is 14.0. The molecule has 0 radical (unpaired) electrons. The summed E-state index contributed by atoms with van der Waals surface area (Å²) in [5, 5.41) is 2.17. The summed E-state index contributed by atoms with van der Waals surface area (Å²) in [5.41, 5.74) is 8.40. The quantitative estimate of drug-likeness (QED) is 0.615. The number of halogens is 1. The molecule has 1 heterocycles. The first-order chi connectivity index (χ1) is 8.43. The molecule has 1 unspecified atom stereocenters. The Kier molecular flexibility index (Phi) is 3.98. The van der Waals surface area contributed by atoms with Crippen LogP contribution in [-0.4, -0.2) is 0 Å². The Hall–Kier alpha value is -0.600. The predicted octanol–water partition coefficient (Wildman–Crippen LogP) is 5.77. The molecule has 18 heavy (non-hydrogen) atoms. The fourth-order valence-electron chi connectivity index (χ4n) is 2.40. The lowest BCUT2D eigenvalue weighted by atomic mass is 9.91. The maximum Gasteiger partial charge on any atom is 0.0745 e. The topological polar surface area (TPSA) is 0 Å². The maximum absolute atomic E-state index is 3.90. The zero-order valence-electron chi connectivity index (χ0n) is 11.6. The molecule has 0 bridgehead atoms. The van der Waals surface area contributed by atoms with Crippen molar-refractivity contribution in [3.63, 3.8) is 0 Å². The summed E-state index contributed by atoms with van der Waals surface area (Å²) in [6.45, 7) is 11.1. The molecular weight excluding hydrogens is 304 g/mol. The van der Waals surface area contributed by atoms with E-state index < -0.39 is 0 Å². The summed E-state index contributed by atoms with van der Waals surface area (Å²) in [6, 6.07) is 4.48. The molecular formula is C16H19BrS. The second-order valence-electron chi connectivity index (χ2n) is 5.00. The van der Waals surface area contributed by atoms with Crippen molar-refractivity contribution in [1.29, 1.82) is 0 Å². The first-order valence-electron chi connectivity index (χ1n) is 6.18. The SMILES string of the molecule is Cc1ccsc1C(Br)c1c(C)c(C)cc(C)c1C. The number of benzene rings is 1. The monoisotopic (exact) mass is 322 g/mol. The van der Waals surface area contributed by atoms with E-state index in [2.05, 4.69) is 68.1 Å². The van der Waals surface area contributed by atoms with E-state index in [0.717, 1.165) is 0 Å². The van der Waals surface area contributed by atoms with Crippen molar-refractivity contribution < 1.29 is 0 Å². The highest BCUT2D eigenvalue weighted by Gasteiger charge is 2.20. The van der Waals surface area contributed by atoms with Crippen molar-refractivity contribution in [3.05, 3.63) is 55.8 Å². The molecule has 0 fully saturated rings. The van der Waals surface area contributed by atoms with Gasteiger partial charge in [-0.2, -0.15) is 0 Å². The second-order valence-corrected chi connectivity index (χ2v) is 6.87. The molecule has 0 saturated carbocycles. The Bertz CT molecular complexity index is 555. The Morgan fingerprint density at radius 1 is 0.944 bits per heavy atom. The Labute approximate surface area is 122 Å². The van der Waals surface area contributed by atoms with E-state index in [1.807, 2.05) is 11.3 Å². The van der Waals surface area contributed by atoms with Gasteiger partial charge in [0, 0.05) is 4.88 Å². The number of aryl methyl sites for hydroxylation is 3.